The average Bonchev–Trinajstić information content (AvgIpc) is 3.35. The number of hydrogen-bond acceptors (Lipinski definition) is 5. The van der Waals surface area contributed by atoms with Gasteiger partial charge < -0.3 is 4.90 Å². The summed E-state index contributed by atoms with van der Waals surface area (Å²) in [6, 6.07) is 14.1. The Morgan fingerprint density at radius 1 is 1.06 bits per heavy atom. The molecule has 4 rings (SSSR count). The number of carbonyl (C=O) groups is 1. The SMILES string of the molecule is Cc1cc(C)c2sc(N(CCCN(C)C)C(=O)c3cnn(-c4ccccc4)c3C)nc2c1. The summed E-state index contributed by atoms with van der Waals surface area (Å²) in [7, 11) is 4.09. The van der Waals surface area contributed by atoms with E-state index >= 15 is 0 Å². The van der Waals surface area contributed by atoms with Crippen LogP contribution in [-0.4, -0.2) is 52.8 Å². The number of para-hydroxylation sites is 1. The van der Waals surface area contributed by atoms with Gasteiger partial charge in [0.1, 0.15) is 0 Å². The van der Waals surface area contributed by atoms with Crippen molar-refractivity contribution in [2.75, 3.05) is 32.1 Å². The summed E-state index contributed by atoms with van der Waals surface area (Å²) in [5.41, 5.74) is 5.69. The van der Waals surface area contributed by atoms with Crippen LogP contribution in [0.1, 0.15) is 33.6 Å². The van der Waals surface area contributed by atoms with Crippen LogP contribution in [0.4, 0.5) is 5.13 Å². The second kappa shape index (κ2) is 9.22. The smallest absolute Gasteiger partial charge is 0.263 e. The van der Waals surface area contributed by atoms with Gasteiger partial charge in [0.15, 0.2) is 5.13 Å². The maximum Gasteiger partial charge on any atom is 0.263 e. The number of aromatic nitrogens is 3. The minimum absolute atomic E-state index is 0.0585. The first-order valence-electron chi connectivity index (χ1n) is 10.8. The highest BCUT2D eigenvalue weighted by molar-refractivity contribution is 7.22. The maximum absolute atomic E-state index is 13.7. The minimum atomic E-state index is -0.0585. The lowest BCUT2D eigenvalue weighted by Gasteiger charge is -2.21. The van der Waals surface area contributed by atoms with Gasteiger partial charge in [-0.25, -0.2) is 9.67 Å². The number of hydrogen-bond donors (Lipinski definition) is 0. The molecule has 6 nitrogen and oxygen atoms in total. The zero-order chi connectivity index (χ0) is 22.8. The van der Waals surface area contributed by atoms with E-state index in [2.05, 4.69) is 36.0 Å². The van der Waals surface area contributed by atoms with Gasteiger partial charge in [-0.2, -0.15) is 5.10 Å². The number of benzene rings is 2. The van der Waals surface area contributed by atoms with Crippen molar-refractivity contribution >= 4 is 32.6 Å². The molecule has 0 saturated carbocycles. The Kier molecular flexibility index (Phi) is 6.39. The van der Waals surface area contributed by atoms with Gasteiger partial charge in [-0.1, -0.05) is 35.6 Å². The molecule has 0 atom stereocenters. The molecule has 1 amide bonds. The van der Waals surface area contributed by atoms with Gasteiger partial charge in [0.25, 0.3) is 5.91 Å². The summed E-state index contributed by atoms with van der Waals surface area (Å²) in [5, 5.41) is 5.24. The lowest BCUT2D eigenvalue weighted by Crippen LogP contribution is -2.33. The van der Waals surface area contributed by atoms with Gasteiger partial charge in [-0.3, -0.25) is 9.69 Å². The van der Waals surface area contributed by atoms with Crippen molar-refractivity contribution in [3.63, 3.8) is 0 Å². The fourth-order valence-electron chi connectivity index (χ4n) is 3.90. The summed E-state index contributed by atoms with van der Waals surface area (Å²) >= 11 is 1.58. The standard InChI is InChI=1S/C25H29N5OS/c1-17-14-18(2)23-22(15-17)27-25(32-23)29(13-9-12-28(4)5)24(31)21-16-26-30(19(21)3)20-10-7-6-8-11-20/h6-8,10-11,14-16H,9,12-13H2,1-5H3. The highest BCUT2D eigenvalue weighted by Gasteiger charge is 2.25. The van der Waals surface area contributed by atoms with Crippen molar-refractivity contribution in [2.45, 2.75) is 27.2 Å². The highest BCUT2D eigenvalue weighted by atomic mass is 32.1. The lowest BCUT2D eigenvalue weighted by molar-refractivity contribution is 0.0985. The molecule has 32 heavy (non-hydrogen) atoms. The Morgan fingerprint density at radius 2 is 1.81 bits per heavy atom. The second-order valence-corrected chi connectivity index (χ2v) is 9.41. The fraction of sp³-hybridized carbons (Fsp3) is 0.320. The first-order chi connectivity index (χ1) is 15.3. The summed E-state index contributed by atoms with van der Waals surface area (Å²) in [6.45, 7) is 7.62. The molecular weight excluding hydrogens is 418 g/mol. The molecule has 2 heterocycles. The second-order valence-electron chi connectivity index (χ2n) is 8.43. The van der Waals surface area contributed by atoms with Crippen LogP contribution in [0.3, 0.4) is 0 Å². The van der Waals surface area contributed by atoms with Crippen LogP contribution >= 0.6 is 11.3 Å². The molecule has 0 fully saturated rings. The summed E-state index contributed by atoms with van der Waals surface area (Å²) in [6.07, 6.45) is 2.53. The zero-order valence-corrected chi connectivity index (χ0v) is 20.1. The molecule has 0 radical (unpaired) electrons. The molecule has 2 aromatic heterocycles. The average molecular weight is 448 g/mol. The molecule has 166 valence electrons. The van der Waals surface area contributed by atoms with E-state index in [-0.39, 0.29) is 5.91 Å². The predicted molar refractivity (Wildman–Crippen MR) is 132 cm³/mol. The Morgan fingerprint density at radius 3 is 2.53 bits per heavy atom. The molecule has 2 aromatic carbocycles. The van der Waals surface area contributed by atoms with Gasteiger partial charge >= 0.3 is 0 Å². The largest absolute Gasteiger partial charge is 0.309 e. The van der Waals surface area contributed by atoms with Gasteiger partial charge in [0.05, 0.1) is 33.4 Å². The first kappa shape index (κ1) is 22.2. The van der Waals surface area contributed by atoms with Gasteiger partial charge in [0, 0.05) is 6.54 Å². The molecule has 0 bridgehead atoms. The number of anilines is 1. The molecular formula is C25H29N5OS. The first-order valence-corrected chi connectivity index (χ1v) is 11.6. The molecule has 0 unspecified atom stereocenters. The third-order valence-corrected chi connectivity index (χ3v) is 6.74. The Hall–Kier alpha value is -3.03. The van der Waals surface area contributed by atoms with Gasteiger partial charge in [-0.15, -0.1) is 0 Å². The number of thiazole rings is 1. The van der Waals surface area contributed by atoms with Crippen molar-refractivity contribution in [2.24, 2.45) is 0 Å². The van der Waals surface area contributed by atoms with Crippen LogP contribution in [0.5, 0.6) is 0 Å². The monoisotopic (exact) mass is 447 g/mol. The number of rotatable bonds is 7. The van der Waals surface area contributed by atoms with E-state index in [0.717, 1.165) is 39.7 Å². The van der Waals surface area contributed by atoms with Crippen LogP contribution in [0.15, 0.2) is 48.7 Å². The molecule has 0 saturated heterocycles. The third kappa shape index (κ3) is 4.45. The predicted octanol–water partition coefficient (Wildman–Crippen LogP) is 5.01. The molecule has 0 spiro atoms. The van der Waals surface area contributed by atoms with E-state index < -0.39 is 0 Å². The van der Waals surface area contributed by atoms with Crippen LogP contribution in [0.2, 0.25) is 0 Å². The van der Waals surface area contributed by atoms with E-state index in [1.807, 2.05) is 60.9 Å². The number of nitrogens with zero attached hydrogens (tertiary/aromatic N) is 5. The van der Waals surface area contributed by atoms with Gasteiger partial charge in [-0.05, 0) is 77.2 Å². The molecule has 0 aliphatic rings. The van der Waals surface area contributed by atoms with Crippen LogP contribution in [0.25, 0.3) is 15.9 Å². The minimum Gasteiger partial charge on any atom is -0.309 e. The fourth-order valence-corrected chi connectivity index (χ4v) is 4.94. The highest BCUT2D eigenvalue weighted by Crippen LogP contribution is 2.33. The van der Waals surface area contributed by atoms with E-state index in [4.69, 9.17) is 4.98 Å². The van der Waals surface area contributed by atoms with Crippen molar-refractivity contribution in [3.8, 4) is 5.69 Å². The van der Waals surface area contributed by atoms with E-state index in [1.165, 1.54) is 11.1 Å². The third-order valence-electron chi connectivity index (χ3n) is 5.51. The van der Waals surface area contributed by atoms with Crippen molar-refractivity contribution in [1.29, 1.82) is 0 Å². The summed E-state index contributed by atoms with van der Waals surface area (Å²) in [5.74, 6) is -0.0585. The normalized spacial score (nSPS) is 11.4. The maximum atomic E-state index is 13.7. The van der Waals surface area contributed by atoms with Crippen molar-refractivity contribution in [3.05, 3.63) is 71.0 Å². The Labute approximate surface area is 193 Å². The topological polar surface area (TPSA) is 54.3 Å². The van der Waals surface area contributed by atoms with Gasteiger partial charge in [0.2, 0.25) is 0 Å². The molecule has 0 aliphatic carbocycles. The molecule has 0 aliphatic heterocycles. The van der Waals surface area contributed by atoms with Crippen molar-refractivity contribution in [1.82, 2.24) is 19.7 Å². The van der Waals surface area contributed by atoms with Crippen LogP contribution < -0.4 is 4.90 Å². The number of aryl methyl sites for hydroxylation is 2. The lowest BCUT2D eigenvalue weighted by atomic mass is 10.1. The molecule has 7 heteroatoms. The van der Waals surface area contributed by atoms with Crippen molar-refractivity contribution < 1.29 is 4.79 Å². The van der Waals surface area contributed by atoms with E-state index in [9.17, 15) is 4.79 Å². The summed E-state index contributed by atoms with van der Waals surface area (Å²) in [4.78, 5) is 22.6. The van der Waals surface area contributed by atoms with E-state index in [0.29, 0.717) is 12.1 Å². The quantitative estimate of drug-likeness (QED) is 0.400. The number of amides is 1. The zero-order valence-electron chi connectivity index (χ0n) is 19.3. The Bertz CT molecular complexity index is 1240. The Balaban J connectivity index is 1.72. The number of fused-ring (bicyclic) bond motifs is 1. The van der Waals surface area contributed by atoms with Crippen LogP contribution in [0, 0.1) is 20.8 Å². The van der Waals surface area contributed by atoms with Crippen LogP contribution in [-0.2, 0) is 0 Å². The molecule has 0 N–H and O–H groups in total. The van der Waals surface area contributed by atoms with E-state index in [1.54, 1.807) is 17.5 Å². The summed E-state index contributed by atoms with van der Waals surface area (Å²) < 4.78 is 2.95. The number of carbonyl (C=O) groups excluding carboxylic acids is 1. The molecule has 4 aromatic rings.